The lowest BCUT2D eigenvalue weighted by atomic mass is 9.86. The Morgan fingerprint density at radius 3 is 2.45 bits per heavy atom. The summed E-state index contributed by atoms with van der Waals surface area (Å²) in [6.45, 7) is 4.14. The summed E-state index contributed by atoms with van der Waals surface area (Å²) in [5.41, 5.74) is 2.30. The Hall–Kier alpha value is -0.910. The van der Waals surface area contributed by atoms with Crippen LogP contribution < -0.4 is 0 Å². The van der Waals surface area contributed by atoms with Gasteiger partial charge in [-0.2, -0.15) is 0 Å². The minimum atomic E-state index is -3.47. The lowest BCUT2D eigenvalue weighted by Crippen LogP contribution is -2.34. The molecule has 0 radical (unpaired) electrons. The molecule has 0 unspecified atom stereocenters. The van der Waals surface area contributed by atoms with Crippen molar-refractivity contribution >= 4 is 10.0 Å². The highest BCUT2D eigenvalue weighted by molar-refractivity contribution is 7.89. The van der Waals surface area contributed by atoms with Crippen molar-refractivity contribution in [3.63, 3.8) is 0 Å². The van der Waals surface area contributed by atoms with E-state index in [-0.39, 0.29) is 6.61 Å². The van der Waals surface area contributed by atoms with Gasteiger partial charge in [0.2, 0.25) is 10.0 Å². The molecule has 1 aliphatic rings. The van der Waals surface area contributed by atoms with Gasteiger partial charge in [0.25, 0.3) is 0 Å². The summed E-state index contributed by atoms with van der Waals surface area (Å²) in [6.07, 6.45) is 3.44. The van der Waals surface area contributed by atoms with Crippen LogP contribution in [-0.2, 0) is 16.6 Å². The standard InChI is InChI=1S/C15H23NO3S/c1-11-7-14(10-17)8-15(12(11)2)20(18,19)16(3)9-13-5-4-6-13/h7-8,13,17H,4-6,9-10H2,1-3H3. The van der Waals surface area contributed by atoms with Gasteiger partial charge in [-0.1, -0.05) is 12.5 Å². The van der Waals surface area contributed by atoms with Crippen LogP contribution in [-0.4, -0.2) is 31.4 Å². The molecule has 0 aliphatic heterocycles. The van der Waals surface area contributed by atoms with Gasteiger partial charge >= 0.3 is 0 Å². The van der Waals surface area contributed by atoms with E-state index in [1.165, 1.54) is 10.7 Å². The maximum Gasteiger partial charge on any atom is 0.243 e. The molecule has 1 aromatic carbocycles. The van der Waals surface area contributed by atoms with Crippen LogP contribution in [0.3, 0.4) is 0 Å². The highest BCUT2D eigenvalue weighted by atomic mass is 32.2. The van der Waals surface area contributed by atoms with Crippen LogP contribution in [0.4, 0.5) is 0 Å². The molecular formula is C15H23NO3S. The zero-order valence-corrected chi connectivity index (χ0v) is 13.2. The topological polar surface area (TPSA) is 57.6 Å². The molecule has 1 aliphatic carbocycles. The van der Waals surface area contributed by atoms with E-state index in [9.17, 15) is 13.5 Å². The normalized spacial score (nSPS) is 16.4. The van der Waals surface area contributed by atoms with Crippen molar-refractivity contribution < 1.29 is 13.5 Å². The molecule has 0 amide bonds. The van der Waals surface area contributed by atoms with E-state index in [0.717, 1.165) is 24.0 Å². The molecule has 0 aromatic heterocycles. The lowest BCUT2D eigenvalue weighted by molar-refractivity contribution is 0.262. The van der Waals surface area contributed by atoms with Crippen molar-refractivity contribution in [3.8, 4) is 0 Å². The Kier molecular flexibility index (Phi) is 4.52. The Morgan fingerprint density at radius 1 is 1.30 bits per heavy atom. The van der Waals surface area contributed by atoms with E-state index in [4.69, 9.17) is 0 Å². The largest absolute Gasteiger partial charge is 0.392 e. The van der Waals surface area contributed by atoms with Crippen molar-refractivity contribution in [2.75, 3.05) is 13.6 Å². The lowest BCUT2D eigenvalue weighted by Gasteiger charge is -2.30. The van der Waals surface area contributed by atoms with Crippen LogP contribution in [0.5, 0.6) is 0 Å². The highest BCUT2D eigenvalue weighted by Gasteiger charge is 2.28. The smallest absolute Gasteiger partial charge is 0.243 e. The first-order valence-electron chi connectivity index (χ1n) is 7.03. The third kappa shape index (κ3) is 2.90. The number of hydrogen-bond donors (Lipinski definition) is 1. The van der Waals surface area contributed by atoms with Crippen LogP contribution in [0.25, 0.3) is 0 Å². The quantitative estimate of drug-likeness (QED) is 0.906. The van der Waals surface area contributed by atoms with Gasteiger partial charge in [0.05, 0.1) is 11.5 Å². The van der Waals surface area contributed by atoms with E-state index in [0.29, 0.717) is 22.9 Å². The number of rotatable bonds is 5. The van der Waals surface area contributed by atoms with E-state index >= 15 is 0 Å². The Balaban J connectivity index is 2.34. The molecule has 0 atom stereocenters. The number of benzene rings is 1. The molecule has 0 bridgehead atoms. The molecule has 0 saturated heterocycles. The van der Waals surface area contributed by atoms with Gasteiger partial charge in [-0.05, 0) is 55.4 Å². The third-order valence-corrected chi connectivity index (χ3v) is 6.24. The summed E-state index contributed by atoms with van der Waals surface area (Å²) in [7, 11) is -1.83. The van der Waals surface area contributed by atoms with Crippen LogP contribution in [0, 0.1) is 19.8 Å². The van der Waals surface area contributed by atoms with Gasteiger partial charge in [0.1, 0.15) is 0 Å². The predicted octanol–water partition coefficient (Wildman–Crippen LogP) is 2.22. The van der Waals surface area contributed by atoms with E-state index < -0.39 is 10.0 Å². The van der Waals surface area contributed by atoms with E-state index in [1.54, 1.807) is 13.1 Å². The van der Waals surface area contributed by atoms with Crippen molar-refractivity contribution in [2.24, 2.45) is 5.92 Å². The summed E-state index contributed by atoms with van der Waals surface area (Å²) in [6, 6.07) is 3.43. The summed E-state index contributed by atoms with van der Waals surface area (Å²) < 4.78 is 26.8. The van der Waals surface area contributed by atoms with Crippen LogP contribution in [0.2, 0.25) is 0 Å². The second-order valence-electron chi connectivity index (χ2n) is 5.78. The second-order valence-corrected chi connectivity index (χ2v) is 7.79. The Morgan fingerprint density at radius 2 is 1.95 bits per heavy atom. The molecule has 0 heterocycles. The van der Waals surface area contributed by atoms with Gasteiger partial charge in [-0.25, -0.2) is 12.7 Å². The molecule has 1 N–H and O–H groups in total. The van der Waals surface area contributed by atoms with Gasteiger partial charge in [0, 0.05) is 13.6 Å². The maximum atomic E-state index is 12.7. The van der Waals surface area contributed by atoms with E-state index in [1.807, 2.05) is 19.9 Å². The number of nitrogens with zero attached hydrogens (tertiary/aromatic N) is 1. The number of hydrogen-bond acceptors (Lipinski definition) is 3. The number of sulfonamides is 1. The zero-order chi connectivity index (χ0) is 14.9. The molecule has 4 nitrogen and oxygen atoms in total. The summed E-state index contributed by atoms with van der Waals surface area (Å²) in [5.74, 6) is 0.497. The van der Waals surface area contributed by atoms with Gasteiger partial charge in [-0.3, -0.25) is 0 Å². The number of aliphatic hydroxyl groups excluding tert-OH is 1. The van der Waals surface area contributed by atoms with Gasteiger partial charge in [-0.15, -0.1) is 0 Å². The fourth-order valence-electron chi connectivity index (χ4n) is 2.56. The van der Waals surface area contributed by atoms with Crippen molar-refractivity contribution in [1.29, 1.82) is 0 Å². The first kappa shape index (κ1) is 15.5. The van der Waals surface area contributed by atoms with Gasteiger partial charge < -0.3 is 5.11 Å². The monoisotopic (exact) mass is 297 g/mol. The molecule has 0 spiro atoms. The predicted molar refractivity (Wildman–Crippen MR) is 79.0 cm³/mol. The van der Waals surface area contributed by atoms with E-state index in [2.05, 4.69) is 0 Å². The zero-order valence-electron chi connectivity index (χ0n) is 12.4. The first-order valence-corrected chi connectivity index (χ1v) is 8.47. The number of aliphatic hydroxyl groups is 1. The van der Waals surface area contributed by atoms with Gasteiger partial charge in [0.15, 0.2) is 0 Å². The highest BCUT2D eigenvalue weighted by Crippen LogP contribution is 2.30. The summed E-state index contributed by atoms with van der Waals surface area (Å²) in [5, 5.41) is 9.27. The molecule has 112 valence electrons. The summed E-state index contributed by atoms with van der Waals surface area (Å²) >= 11 is 0. The molecule has 2 rings (SSSR count). The van der Waals surface area contributed by atoms with Crippen molar-refractivity contribution in [2.45, 2.75) is 44.6 Å². The molecule has 20 heavy (non-hydrogen) atoms. The van der Waals surface area contributed by atoms with Crippen LogP contribution in [0.1, 0.15) is 36.0 Å². The first-order chi connectivity index (χ1) is 9.36. The minimum absolute atomic E-state index is 0.143. The fraction of sp³-hybridized carbons (Fsp3) is 0.600. The average Bonchev–Trinajstić information content (AvgIpc) is 2.36. The SMILES string of the molecule is Cc1cc(CO)cc(S(=O)(=O)N(C)CC2CCC2)c1C. The van der Waals surface area contributed by atoms with Crippen molar-refractivity contribution in [1.82, 2.24) is 4.31 Å². The molecule has 1 saturated carbocycles. The average molecular weight is 297 g/mol. The molecule has 1 aromatic rings. The van der Waals surface area contributed by atoms with Crippen LogP contribution >= 0.6 is 0 Å². The Labute approximate surface area is 121 Å². The molecule has 5 heteroatoms. The van der Waals surface area contributed by atoms with Crippen molar-refractivity contribution in [3.05, 3.63) is 28.8 Å². The third-order valence-electron chi connectivity index (χ3n) is 4.29. The second kappa shape index (κ2) is 5.84. The Bertz CT molecular complexity index is 591. The fourth-order valence-corrected chi connectivity index (χ4v) is 4.15. The maximum absolute atomic E-state index is 12.7. The summed E-state index contributed by atoms with van der Waals surface area (Å²) in [4.78, 5) is 0.323. The molecular weight excluding hydrogens is 274 g/mol. The minimum Gasteiger partial charge on any atom is -0.392 e. The number of aryl methyl sites for hydroxylation is 1. The molecule has 1 fully saturated rings. The van der Waals surface area contributed by atoms with Crippen LogP contribution in [0.15, 0.2) is 17.0 Å².